The molecule has 0 aliphatic rings. The predicted octanol–water partition coefficient (Wildman–Crippen LogP) is 8.19. The zero-order valence-corrected chi connectivity index (χ0v) is 17.9. The van der Waals surface area contributed by atoms with E-state index in [1.165, 1.54) is 44.1 Å². The van der Waals surface area contributed by atoms with Crippen LogP contribution in [-0.4, -0.2) is 4.57 Å². The van der Waals surface area contributed by atoms with Crippen molar-refractivity contribution in [1.29, 1.82) is 0 Å². The molecule has 1 heteroatoms. The SMILES string of the molecule is Cc1ccc(-c2ccc(C)n(-c3ccccc3)c3ccc4ccccc4c3cc2)cc1. The second-order valence-corrected chi connectivity index (χ2v) is 8.02. The van der Waals surface area contributed by atoms with Gasteiger partial charge in [0.15, 0.2) is 0 Å². The van der Waals surface area contributed by atoms with Crippen LogP contribution in [0.3, 0.4) is 0 Å². The van der Waals surface area contributed by atoms with E-state index >= 15 is 0 Å². The molecule has 150 valence electrons. The van der Waals surface area contributed by atoms with Gasteiger partial charge in [0.2, 0.25) is 0 Å². The Morgan fingerprint density at radius 2 is 1.13 bits per heavy atom. The summed E-state index contributed by atoms with van der Waals surface area (Å²) in [6.07, 6.45) is 0. The third-order valence-electron chi connectivity index (χ3n) is 5.87. The van der Waals surface area contributed by atoms with Gasteiger partial charge in [-0.05, 0) is 60.0 Å². The monoisotopic (exact) mass is 399 g/mol. The van der Waals surface area contributed by atoms with Crippen LogP contribution in [0.2, 0.25) is 0 Å². The fourth-order valence-electron chi connectivity index (χ4n) is 4.22. The molecule has 0 unspecified atom stereocenters. The molecule has 1 heterocycles. The molecule has 0 aliphatic carbocycles. The number of aromatic nitrogens is 1. The van der Waals surface area contributed by atoms with Gasteiger partial charge >= 0.3 is 0 Å². The molecule has 0 amide bonds. The van der Waals surface area contributed by atoms with Crippen LogP contribution in [0.1, 0.15) is 11.3 Å². The summed E-state index contributed by atoms with van der Waals surface area (Å²) in [5.41, 5.74) is 7.22. The number of rotatable bonds is 2. The predicted molar refractivity (Wildman–Crippen MR) is 133 cm³/mol. The Bertz CT molecular complexity index is 1420. The van der Waals surface area contributed by atoms with Crippen LogP contribution >= 0.6 is 0 Å². The van der Waals surface area contributed by atoms with Crippen LogP contribution in [-0.2, 0) is 0 Å². The second kappa shape index (κ2) is 8.12. The number of benzene rings is 4. The highest BCUT2D eigenvalue weighted by atomic mass is 15.0. The van der Waals surface area contributed by atoms with Gasteiger partial charge in [0.1, 0.15) is 0 Å². The Morgan fingerprint density at radius 1 is 0.484 bits per heavy atom. The second-order valence-electron chi connectivity index (χ2n) is 8.02. The molecule has 0 saturated heterocycles. The molecular formula is C30H25N. The Balaban J connectivity index is 1.93. The van der Waals surface area contributed by atoms with Gasteiger partial charge in [0.05, 0.1) is 5.52 Å². The largest absolute Gasteiger partial charge is 0.314 e. The van der Waals surface area contributed by atoms with E-state index in [1.807, 2.05) is 0 Å². The minimum absolute atomic E-state index is 1.16. The molecule has 5 aromatic rings. The minimum atomic E-state index is 1.16. The highest BCUT2D eigenvalue weighted by molar-refractivity contribution is 6.06. The van der Waals surface area contributed by atoms with Crippen molar-refractivity contribution in [2.24, 2.45) is 0 Å². The van der Waals surface area contributed by atoms with Crippen molar-refractivity contribution in [3.05, 3.63) is 127 Å². The van der Waals surface area contributed by atoms with E-state index in [0.717, 1.165) is 5.69 Å². The van der Waals surface area contributed by atoms with Crippen molar-refractivity contribution in [3.63, 3.8) is 0 Å². The Kier molecular flexibility index (Phi) is 5.01. The molecule has 1 nitrogen and oxygen atoms in total. The van der Waals surface area contributed by atoms with Crippen LogP contribution in [0.4, 0.5) is 0 Å². The van der Waals surface area contributed by atoms with Crippen LogP contribution in [0.15, 0.2) is 115 Å². The van der Waals surface area contributed by atoms with Gasteiger partial charge in [0, 0.05) is 16.8 Å². The number of hydrogen-bond donors (Lipinski definition) is 0. The maximum absolute atomic E-state index is 2.35. The first-order chi connectivity index (χ1) is 15.2. The zero-order chi connectivity index (χ0) is 21.2. The summed E-state index contributed by atoms with van der Waals surface area (Å²) in [6.45, 7) is 4.31. The normalized spacial score (nSPS) is 10.9. The number of para-hydroxylation sites is 1. The van der Waals surface area contributed by atoms with Crippen molar-refractivity contribution in [2.75, 3.05) is 0 Å². The van der Waals surface area contributed by atoms with Crippen molar-refractivity contribution in [3.8, 4) is 16.8 Å². The molecule has 0 bridgehead atoms. The number of hydrogen-bond acceptors (Lipinski definition) is 0. The summed E-state index contributed by atoms with van der Waals surface area (Å²) in [5.74, 6) is 0. The third kappa shape index (κ3) is 3.71. The van der Waals surface area contributed by atoms with E-state index in [2.05, 4.69) is 134 Å². The van der Waals surface area contributed by atoms with Gasteiger partial charge in [-0.2, -0.15) is 0 Å². The van der Waals surface area contributed by atoms with Gasteiger partial charge in [-0.15, -0.1) is 0 Å². The van der Waals surface area contributed by atoms with Gasteiger partial charge in [0.25, 0.3) is 0 Å². The Labute approximate surface area is 183 Å². The Hall–Kier alpha value is -3.84. The topological polar surface area (TPSA) is 4.93 Å². The fraction of sp³-hybridized carbons (Fsp3) is 0.0667. The van der Waals surface area contributed by atoms with Crippen molar-refractivity contribution in [2.45, 2.75) is 13.8 Å². The molecule has 0 saturated carbocycles. The van der Waals surface area contributed by atoms with E-state index < -0.39 is 0 Å². The first kappa shape index (κ1) is 19.1. The first-order valence-corrected chi connectivity index (χ1v) is 10.7. The van der Waals surface area contributed by atoms with Crippen LogP contribution < -0.4 is 0 Å². The summed E-state index contributed by atoms with van der Waals surface area (Å²) in [5, 5.41) is 3.74. The number of aryl methyl sites for hydroxylation is 2. The molecule has 5 rings (SSSR count). The average molecular weight is 400 g/mol. The lowest BCUT2D eigenvalue weighted by atomic mass is 10.0. The van der Waals surface area contributed by atoms with Crippen molar-refractivity contribution >= 4 is 21.7 Å². The van der Waals surface area contributed by atoms with Gasteiger partial charge < -0.3 is 4.57 Å². The van der Waals surface area contributed by atoms with Gasteiger partial charge in [-0.25, -0.2) is 0 Å². The molecular weight excluding hydrogens is 374 g/mol. The summed E-state index contributed by atoms with van der Waals surface area (Å²) in [6, 6.07) is 41.4. The highest BCUT2D eigenvalue weighted by Gasteiger charge is 2.06. The fourth-order valence-corrected chi connectivity index (χ4v) is 4.22. The lowest BCUT2D eigenvalue weighted by molar-refractivity contribution is 1.04. The van der Waals surface area contributed by atoms with Crippen molar-refractivity contribution in [1.82, 2.24) is 4.57 Å². The van der Waals surface area contributed by atoms with E-state index in [1.54, 1.807) is 0 Å². The summed E-state index contributed by atoms with van der Waals surface area (Å²) >= 11 is 0. The third-order valence-corrected chi connectivity index (χ3v) is 5.87. The van der Waals surface area contributed by atoms with E-state index in [9.17, 15) is 0 Å². The molecule has 0 N–H and O–H groups in total. The molecule has 0 radical (unpaired) electrons. The molecule has 31 heavy (non-hydrogen) atoms. The Morgan fingerprint density at radius 3 is 1.90 bits per heavy atom. The standard InChI is InChI=1S/C30H25N/c1-22-12-15-24(16-13-22)25-17-14-23(2)31(27-9-4-3-5-10-27)30-21-19-26-8-6-7-11-28(26)29(30)20-18-25/h3-21H,1-2H3. The summed E-state index contributed by atoms with van der Waals surface area (Å²) in [4.78, 5) is 0. The van der Waals surface area contributed by atoms with Crippen LogP contribution in [0, 0.1) is 13.8 Å². The maximum atomic E-state index is 2.35. The van der Waals surface area contributed by atoms with E-state index in [-0.39, 0.29) is 0 Å². The smallest absolute Gasteiger partial charge is 0.0537 e. The number of fused-ring (bicyclic) bond motifs is 3. The quantitative estimate of drug-likeness (QED) is 0.282. The van der Waals surface area contributed by atoms with Crippen molar-refractivity contribution < 1.29 is 0 Å². The van der Waals surface area contributed by atoms with Gasteiger partial charge in [-0.1, -0.05) is 96.6 Å². The summed E-state index contributed by atoms with van der Waals surface area (Å²) < 4.78 is 2.35. The van der Waals surface area contributed by atoms with Crippen LogP contribution in [0.25, 0.3) is 38.5 Å². The molecule has 0 atom stereocenters. The average Bonchev–Trinajstić information content (AvgIpc) is 2.88. The molecule has 0 fully saturated rings. The van der Waals surface area contributed by atoms with E-state index in [0.29, 0.717) is 0 Å². The summed E-state index contributed by atoms with van der Waals surface area (Å²) in [7, 11) is 0. The van der Waals surface area contributed by atoms with E-state index in [4.69, 9.17) is 0 Å². The lowest BCUT2D eigenvalue weighted by Gasteiger charge is -2.13. The van der Waals surface area contributed by atoms with Crippen LogP contribution in [0.5, 0.6) is 0 Å². The molecule has 0 spiro atoms. The molecule has 1 aromatic heterocycles. The number of nitrogens with zero attached hydrogens (tertiary/aromatic N) is 1. The molecule has 0 aliphatic heterocycles. The highest BCUT2D eigenvalue weighted by Crippen LogP contribution is 2.28. The van der Waals surface area contributed by atoms with Gasteiger partial charge in [-0.3, -0.25) is 0 Å². The first-order valence-electron chi connectivity index (χ1n) is 10.7. The minimum Gasteiger partial charge on any atom is -0.314 e. The zero-order valence-electron chi connectivity index (χ0n) is 17.9. The molecule has 4 aromatic carbocycles. The maximum Gasteiger partial charge on any atom is 0.0537 e. The lowest BCUT2D eigenvalue weighted by Crippen LogP contribution is -1.99.